The van der Waals surface area contributed by atoms with E-state index in [-0.39, 0.29) is 12.2 Å². The molecule has 0 fully saturated rings. The maximum atomic E-state index is 10.1. The molecule has 0 bridgehead atoms. The highest BCUT2D eigenvalue weighted by atomic mass is 16.5. The van der Waals surface area contributed by atoms with Gasteiger partial charge in [-0.25, -0.2) is 4.79 Å². The molecule has 0 amide bonds. The number of carbonyl (C=O) groups is 1. The molecule has 0 saturated carbocycles. The van der Waals surface area contributed by atoms with Crippen molar-refractivity contribution in [3.63, 3.8) is 0 Å². The molecule has 0 spiro atoms. The largest absolute Gasteiger partial charge is 0.480 e. The molecule has 0 aromatic heterocycles. The Bertz CT molecular complexity index is 129. The van der Waals surface area contributed by atoms with Gasteiger partial charge >= 0.3 is 5.97 Å². The van der Waals surface area contributed by atoms with Crippen molar-refractivity contribution in [1.82, 2.24) is 0 Å². The summed E-state index contributed by atoms with van der Waals surface area (Å²) in [6.45, 7) is 5.65. The predicted molar refractivity (Wildman–Crippen MR) is 42.6 cm³/mol. The van der Waals surface area contributed by atoms with Crippen molar-refractivity contribution >= 4 is 5.97 Å². The van der Waals surface area contributed by atoms with Crippen LogP contribution in [0.1, 0.15) is 33.6 Å². The molecule has 0 aliphatic heterocycles. The molecular weight excluding hydrogens is 144 g/mol. The van der Waals surface area contributed by atoms with Gasteiger partial charge in [0, 0.05) is 0 Å². The Morgan fingerprint density at radius 2 is 2.09 bits per heavy atom. The molecule has 0 rings (SSSR count). The molecule has 0 heterocycles. The maximum Gasteiger partial charge on any atom is 0.329 e. The summed E-state index contributed by atoms with van der Waals surface area (Å²) in [5.74, 6) is -0.908. The monoisotopic (exact) mass is 160 g/mol. The van der Waals surface area contributed by atoms with Crippen LogP contribution in [0.25, 0.3) is 0 Å². The van der Waals surface area contributed by atoms with Gasteiger partial charge in [0.05, 0.1) is 5.60 Å². The van der Waals surface area contributed by atoms with Gasteiger partial charge in [-0.05, 0) is 20.3 Å². The molecule has 3 nitrogen and oxygen atoms in total. The summed E-state index contributed by atoms with van der Waals surface area (Å²) in [6.07, 6.45) is 1.90. The van der Waals surface area contributed by atoms with Gasteiger partial charge in [-0.2, -0.15) is 0 Å². The van der Waals surface area contributed by atoms with Crippen LogP contribution in [-0.4, -0.2) is 23.3 Å². The number of hydrogen-bond acceptors (Lipinski definition) is 2. The van der Waals surface area contributed by atoms with Crippen molar-refractivity contribution in [2.75, 3.05) is 6.61 Å². The van der Waals surface area contributed by atoms with E-state index < -0.39 is 5.97 Å². The minimum Gasteiger partial charge on any atom is -0.480 e. The lowest BCUT2D eigenvalue weighted by molar-refractivity contribution is -0.148. The van der Waals surface area contributed by atoms with Crippen LogP contribution < -0.4 is 0 Å². The van der Waals surface area contributed by atoms with Gasteiger partial charge in [0.1, 0.15) is 6.61 Å². The predicted octanol–water partition coefficient (Wildman–Crippen LogP) is 1.67. The number of carboxylic acid groups (broad SMARTS) is 1. The first-order valence-electron chi connectivity index (χ1n) is 3.83. The van der Waals surface area contributed by atoms with Gasteiger partial charge in [-0.1, -0.05) is 13.3 Å². The zero-order valence-corrected chi connectivity index (χ0v) is 7.39. The molecular formula is C8H16O3. The number of rotatable bonds is 5. The van der Waals surface area contributed by atoms with Crippen molar-refractivity contribution < 1.29 is 14.6 Å². The third-order valence-corrected chi connectivity index (χ3v) is 1.44. The minimum absolute atomic E-state index is 0.201. The molecule has 66 valence electrons. The quantitative estimate of drug-likeness (QED) is 0.665. The topological polar surface area (TPSA) is 46.5 Å². The molecule has 0 saturated heterocycles. The van der Waals surface area contributed by atoms with Crippen LogP contribution in [0.5, 0.6) is 0 Å². The second-order valence-electron chi connectivity index (χ2n) is 3.19. The van der Waals surface area contributed by atoms with E-state index in [0.717, 1.165) is 12.8 Å². The smallest absolute Gasteiger partial charge is 0.329 e. The summed E-state index contributed by atoms with van der Waals surface area (Å²) >= 11 is 0. The Kier molecular flexibility index (Phi) is 4.11. The van der Waals surface area contributed by atoms with E-state index in [9.17, 15) is 4.79 Å². The van der Waals surface area contributed by atoms with E-state index in [1.165, 1.54) is 0 Å². The van der Waals surface area contributed by atoms with Gasteiger partial charge in [0.25, 0.3) is 0 Å². The summed E-state index contributed by atoms with van der Waals surface area (Å²) < 4.78 is 5.13. The van der Waals surface area contributed by atoms with Crippen molar-refractivity contribution in [2.45, 2.75) is 39.2 Å². The fourth-order valence-electron chi connectivity index (χ4n) is 0.931. The highest BCUT2D eigenvalue weighted by Gasteiger charge is 2.17. The second kappa shape index (κ2) is 4.34. The summed E-state index contributed by atoms with van der Waals surface area (Å²) in [4.78, 5) is 10.1. The van der Waals surface area contributed by atoms with E-state index >= 15 is 0 Å². The van der Waals surface area contributed by atoms with E-state index in [1.54, 1.807) is 0 Å². The van der Waals surface area contributed by atoms with Crippen LogP contribution in [0.3, 0.4) is 0 Å². The molecule has 0 aliphatic carbocycles. The summed E-state index contributed by atoms with van der Waals surface area (Å²) in [5.41, 5.74) is -0.298. The third-order valence-electron chi connectivity index (χ3n) is 1.44. The SMILES string of the molecule is CCCC(C)(C)OCC(=O)O. The standard InChI is InChI=1S/C8H16O3/c1-4-5-8(2,3)11-6-7(9)10/h4-6H2,1-3H3,(H,9,10). The Morgan fingerprint density at radius 1 is 1.55 bits per heavy atom. The fraction of sp³-hybridized carbons (Fsp3) is 0.875. The van der Waals surface area contributed by atoms with Gasteiger partial charge < -0.3 is 9.84 Å². The number of aliphatic carboxylic acids is 1. The van der Waals surface area contributed by atoms with Crippen LogP contribution in [-0.2, 0) is 9.53 Å². The average molecular weight is 160 g/mol. The van der Waals surface area contributed by atoms with E-state index in [2.05, 4.69) is 0 Å². The third kappa shape index (κ3) is 5.85. The van der Waals surface area contributed by atoms with Crippen LogP contribution in [0, 0.1) is 0 Å². The van der Waals surface area contributed by atoms with Crippen molar-refractivity contribution in [2.24, 2.45) is 0 Å². The number of hydrogen-bond donors (Lipinski definition) is 1. The maximum absolute atomic E-state index is 10.1. The lowest BCUT2D eigenvalue weighted by Gasteiger charge is -2.23. The van der Waals surface area contributed by atoms with Crippen LogP contribution in [0.4, 0.5) is 0 Å². The Balaban J connectivity index is 3.63. The lowest BCUT2D eigenvalue weighted by Crippen LogP contribution is -2.27. The molecule has 0 radical (unpaired) electrons. The van der Waals surface area contributed by atoms with Gasteiger partial charge in [0.2, 0.25) is 0 Å². The fourth-order valence-corrected chi connectivity index (χ4v) is 0.931. The van der Waals surface area contributed by atoms with E-state index in [1.807, 2.05) is 20.8 Å². The summed E-state index contributed by atoms with van der Waals surface area (Å²) in [7, 11) is 0. The van der Waals surface area contributed by atoms with Gasteiger partial charge in [0.15, 0.2) is 0 Å². The highest BCUT2D eigenvalue weighted by Crippen LogP contribution is 2.15. The highest BCUT2D eigenvalue weighted by molar-refractivity contribution is 5.68. The van der Waals surface area contributed by atoms with E-state index in [4.69, 9.17) is 9.84 Å². The van der Waals surface area contributed by atoms with Crippen LogP contribution in [0.15, 0.2) is 0 Å². The molecule has 0 atom stereocenters. The molecule has 11 heavy (non-hydrogen) atoms. The van der Waals surface area contributed by atoms with E-state index in [0.29, 0.717) is 0 Å². The molecule has 0 aliphatic rings. The molecule has 3 heteroatoms. The van der Waals surface area contributed by atoms with Crippen LogP contribution >= 0.6 is 0 Å². The van der Waals surface area contributed by atoms with Crippen molar-refractivity contribution in [1.29, 1.82) is 0 Å². The summed E-state index contributed by atoms with van der Waals surface area (Å²) in [6, 6.07) is 0. The normalized spacial score (nSPS) is 11.5. The Labute approximate surface area is 67.4 Å². The second-order valence-corrected chi connectivity index (χ2v) is 3.19. The average Bonchev–Trinajstić information content (AvgIpc) is 1.84. The first-order chi connectivity index (χ1) is 4.98. The number of carboxylic acids is 1. The first-order valence-corrected chi connectivity index (χ1v) is 3.83. The van der Waals surface area contributed by atoms with Crippen molar-refractivity contribution in [3.05, 3.63) is 0 Å². The minimum atomic E-state index is -0.908. The Hall–Kier alpha value is -0.570. The molecule has 0 aromatic rings. The zero-order valence-electron chi connectivity index (χ0n) is 7.39. The summed E-state index contributed by atoms with van der Waals surface area (Å²) in [5, 5.41) is 8.32. The zero-order chi connectivity index (χ0) is 8.91. The Morgan fingerprint density at radius 3 is 2.45 bits per heavy atom. The molecule has 1 N–H and O–H groups in total. The van der Waals surface area contributed by atoms with Gasteiger partial charge in [-0.15, -0.1) is 0 Å². The first kappa shape index (κ1) is 10.4. The number of ether oxygens (including phenoxy) is 1. The molecule has 0 aromatic carbocycles. The lowest BCUT2D eigenvalue weighted by atomic mass is 10.0. The van der Waals surface area contributed by atoms with Gasteiger partial charge in [-0.3, -0.25) is 0 Å². The van der Waals surface area contributed by atoms with Crippen molar-refractivity contribution in [3.8, 4) is 0 Å². The van der Waals surface area contributed by atoms with Crippen LogP contribution in [0.2, 0.25) is 0 Å². The molecule has 0 unspecified atom stereocenters.